The van der Waals surface area contributed by atoms with Gasteiger partial charge in [0.1, 0.15) is 5.75 Å². The molecule has 0 bridgehead atoms. The van der Waals surface area contributed by atoms with Crippen molar-refractivity contribution < 1.29 is 14.2 Å². The quantitative estimate of drug-likeness (QED) is 0.746. The van der Waals surface area contributed by atoms with E-state index in [4.69, 9.17) is 19.9 Å². The van der Waals surface area contributed by atoms with Gasteiger partial charge in [-0.2, -0.15) is 0 Å². The molecule has 0 saturated heterocycles. The summed E-state index contributed by atoms with van der Waals surface area (Å²) < 4.78 is 15.2. The summed E-state index contributed by atoms with van der Waals surface area (Å²) in [5, 5.41) is 0. The van der Waals surface area contributed by atoms with Crippen molar-refractivity contribution in [2.75, 3.05) is 21.3 Å². The lowest BCUT2D eigenvalue weighted by molar-refractivity contribution is -0.117. The Morgan fingerprint density at radius 1 is 1.00 bits per heavy atom. The molecule has 1 atom stereocenters. The van der Waals surface area contributed by atoms with Gasteiger partial charge >= 0.3 is 0 Å². The smallest absolute Gasteiger partial charge is 0.175 e. The van der Waals surface area contributed by atoms with Crippen molar-refractivity contribution in [3.05, 3.63) is 29.8 Å². The van der Waals surface area contributed by atoms with E-state index in [0.717, 1.165) is 11.3 Å². The van der Waals surface area contributed by atoms with Crippen LogP contribution in [0, 0.1) is 0 Å². The van der Waals surface area contributed by atoms with Crippen LogP contribution in [0.1, 0.15) is 11.6 Å². The standard InChI is InChI=1S/C11H17NO3/c1-13-9-6-4-8(5-7-9)10(12)11(14-2)15-3/h4-7,10-11H,12H2,1-3H3. The average Bonchev–Trinajstić information content (AvgIpc) is 2.30. The number of rotatable bonds is 5. The molecule has 0 saturated carbocycles. The van der Waals surface area contributed by atoms with E-state index in [1.54, 1.807) is 21.3 Å². The maximum atomic E-state index is 5.96. The fraction of sp³-hybridized carbons (Fsp3) is 0.455. The molecule has 1 aromatic rings. The van der Waals surface area contributed by atoms with Crippen LogP contribution in [0.2, 0.25) is 0 Å². The maximum absolute atomic E-state index is 5.96. The van der Waals surface area contributed by atoms with Crippen LogP contribution in [0.3, 0.4) is 0 Å². The summed E-state index contributed by atoms with van der Waals surface area (Å²) in [5.74, 6) is 0.803. The van der Waals surface area contributed by atoms with Crippen LogP contribution in [0.4, 0.5) is 0 Å². The summed E-state index contributed by atoms with van der Waals surface area (Å²) in [6.45, 7) is 0. The summed E-state index contributed by atoms with van der Waals surface area (Å²) in [4.78, 5) is 0. The van der Waals surface area contributed by atoms with Crippen LogP contribution in [0.15, 0.2) is 24.3 Å². The molecule has 0 aromatic heterocycles. The first-order valence-corrected chi connectivity index (χ1v) is 4.68. The molecule has 1 aromatic carbocycles. The van der Waals surface area contributed by atoms with Gasteiger partial charge in [0.2, 0.25) is 0 Å². The minimum Gasteiger partial charge on any atom is -0.497 e. The number of methoxy groups -OCH3 is 3. The molecule has 0 aliphatic rings. The number of hydrogen-bond acceptors (Lipinski definition) is 4. The molecule has 1 rings (SSSR count). The fourth-order valence-electron chi connectivity index (χ4n) is 1.37. The number of hydrogen-bond donors (Lipinski definition) is 1. The van der Waals surface area contributed by atoms with Crippen LogP contribution < -0.4 is 10.5 Å². The topological polar surface area (TPSA) is 53.7 Å². The predicted molar refractivity (Wildman–Crippen MR) is 57.7 cm³/mol. The number of benzene rings is 1. The summed E-state index contributed by atoms with van der Waals surface area (Å²) in [6, 6.07) is 7.21. The van der Waals surface area contributed by atoms with Gasteiger partial charge in [-0.05, 0) is 17.7 Å². The molecule has 0 aliphatic heterocycles. The van der Waals surface area contributed by atoms with Gasteiger partial charge in [0.05, 0.1) is 13.2 Å². The lowest BCUT2D eigenvalue weighted by Crippen LogP contribution is -2.29. The van der Waals surface area contributed by atoms with Crippen LogP contribution in [0.5, 0.6) is 5.75 Å². The molecule has 0 spiro atoms. The van der Waals surface area contributed by atoms with E-state index >= 15 is 0 Å². The summed E-state index contributed by atoms with van der Waals surface area (Å²) >= 11 is 0. The van der Waals surface area contributed by atoms with E-state index in [-0.39, 0.29) is 6.04 Å². The second-order valence-electron chi connectivity index (χ2n) is 3.14. The van der Waals surface area contributed by atoms with E-state index in [1.807, 2.05) is 24.3 Å². The minimum atomic E-state index is -0.432. The third-order valence-electron chi connectivity index (χ3n) is 2.26. The molecule has 4 heteroatoms. The third-order valence-corrected chi connectivity index (χ3v) is 2.26. The van der Waals surface area contributed by atoms with Crippen molar-refractivity contribution in [1.82, 2.24) is 0 Å². The highest BCUT2D eigenvalue weighted by atomic mass is 16.7. The third kappa shape index (κ3) is 2.92. The Bertz CT molecular complexity index is 282. The first kappa shape index (κ1) is 12.0. The van der Waals surface area contributed by atoms with Gasteiger partial charge in [-0.3, -0.25) is 0 Å². The van der Waals surface area contributed by atoms with Crippen LogP contribution >= 0.6 is 0 Å². The van der Waals surface area contributed by atoms with Crippen molar-refractivity contribution in [2.24, 2.45) is 5.73 Å². The van der Waals surface area contributed by atoms with Gasteiger partial charge in [0.15, 0.2) is 6.29 Å². The van der Waals surface area contributed by atoms with E-state index in [1.165, 1.54) is 0 Å². The first-order chi connectivity index (χ1) is 7.22. The van der Waals surface area contributed by atoms with Crippen LogP contribution in [-0.2, 0) is 9.47 Å². The van der Waals surface area contributed by atoms with Crippen LogP contribution in [-0.4, -0.2) is 27.6 Å². The SMILES string of the molecule is COc1ccc(C(N)C(OC)OC)cc1. The van der Waals surface area contributed by atoms with Crippen molar-refractivity contribution >= 4 is 0 Å². The molecular weight excluding hydrogens is 194 g/mol. The Hall–Kier alpha value is -1.10. The largest absolute Gasteiger partial charge is 0.497 e. The highest BCUT2D eigenvalue weighted by Crippen LogP contribution is 2.19. The van der Waals surface area contributed by atoms with E-state index in [2.05, 4.69) is 0 Å². The van der Waals surface area contributed by atoms with Gasteiger partial charge in [-0.1, -0.05) is 12.1 Å². The summed E-state index contributed by atoms with van der Waals surface area (Å²) in [5.41, 5.74) is 6.91. The Morgan fingerprint density at radius 2 is 1.53 bits per heavy atom. The molecule has 4 nitrogen and oxygen atoms in total. The zero-order chi connectivity index (χ0) is 11.3. The highest BCUT2D eigenvalue weighted by molar-refractivity contribution is 5.29. The van der Waals surface area contributed by atoms with Gasteiger partial charge in [-0.15, -0.1) is 0 Å². The van der Waals surface area contributed by atoms with E-state index in [9.17, 15) is 0 Å². The molecule has 84 valence electrons. The Morgan fingerprint density at radius 3 is 1.93 bits per heavy atom. The van der Waals surface area contributed by atoms with E-state index in [0.29, 0.717) is 0 Å². The fourth-order valence-corrected chi connectivity index (χ4v) is 1.37. The van der Waals surface area contributed by atoms with Crippen molar-refractivity contribution in [3.8, 4) is 5.75 Å². The summed E-state index contributed by atoms with van der Waals surface area (Å²) in [6.07, 6.45) is -0.432. The Labute approximate surface area is 89.9 Å². The lowest BCUT2D eigenvalue weighted by atomic mass is 10.1. The molecule has 0 fully saturated rings. The van der Waals surface area contributed by atoms with Gasteiger partial charge in [0, 0.05) is 14.2 Å². The first-order valence-electron chi connectivity index (χ1n) is 4.68. The van der Waals surface area contributed by atoms with Gasteiger partial charge in [0.25, 0.3) is 0 Å². The molecule has 0 amide bonds. The molecule has 0 aliphatic carbocycles. The van der Waals surface area contributed by atoms with E-state index < -0.39 is 6.29 Å². The van der Waals surface area contributed by atoms with Crippen molar-refractivity contribution in [2.45, 2.75) is 12.3 Å². The normalized spacial score (nSPS) is 12.9. The molecule has 0 heterocycles. The number of ether oxygens (including phenoxy) is 3. The Kier molecular flexibility index (Phi) is 4.55. The lowest BCUT2D eigenvalue weighted by Gasteiger charge is -2.21. The number of nitrogens with two attached hydrogens (primary N) is 1. The zero-order valence-electron chi connectivity index (χ0n) is 9.27. The van der Waals surface area contributed by atoms with Crippen LogP contribution in [0.25, 0.3) is 0 Å². The average molecular weight is 211 g/mol. The monoisotopic (exact) mass is 211 g/mol. The second-order valence-corrected chi connectivity index (χ2v) is 3.14. The molecule has 0 radical (unpaired) electrons. The predicted octanol–water partition coefficient (Wildman–Crippen LogP) is 1.31. The molecular formula is C11H17NO3. The second kappa shape index (κ2) is 5.70. The van der Waals surface area contributed by atoms with Gasteiger partial charge in [-0.25, -0.2) is 0 Å². The molecule has 2 N–H and O–H groups in total. The molecule has 1 unspecified atom stereocenters. The van der Waals surface area contributed by atoms with Crippen molar-refractivity contribution in [1.29, 1.82) is 0 Å². The van der Waals surface area contributed by atoms with Crippen molar-refractivity contribution in [3.63, 3.8) is 0 Å². The zero-order valence-corrected chi connectivity index (χ0v) is 9.27. The summed E-state index contributed by atoms with van der Waals surface area (Å²) in [7, 11) is 4.76. The molecule has 15 heavy (non-hydrogen) atoms. The maximum Gasteiger partial charge on any atom is 0.175 e. The Balaban J connectivity index is 2.76. The highest BCUT2D eigenvalue weighted by Gasteiger charge is 2.17. The van der Waals surface area contributed by atoms with Gasteiger partial charge < -0.3 is 19.9 Å². The minimum absolute atomic E-state index is 0.300.